The monoisotopic (exact) mass is 420 g/mol. The van der Waals surface area contributed by atoms with E-state index in [1.54, 1.807) is 48.5 Å². The van der Waals surface area contributed by atoms with Crippen molar-refractivity contribution in [1.82, 2.24) is 0 Å². The predicted molar refractivity (Wildman–Crippen MR) is 116 cm³/mol. The number of fused-ring (bicyclic) bond motifs is 1. The lowest BCUT2D eigenvalue weighted by Crippen LogP contribution is -2.17. The van der Waals surface area contributed by atoms with Crippen molar-refractivity contribution in [1.29, 1.82) is 0 Å². The Bertz CT molecular complexity index is 1370. The zero-order valence-electron chi connectivity index (χ0n) is 16.6. The van der Waals surface area contributed by atoms with E-state index < -0.39 is 15.5 Å². The van der Waals surface area contributed by atoms with Crippen molar-refractivity contribution in [2.24, 2.45) is 0 Å². The van der Waals surface area contributed by atoms with E-state index in [9.17, 15) is 13.2 Å². The summed E-state index contributed by atoms with van der Waals surface area (Å²) in [7, 11) is -4.23. The van der Waals surface area contributed by atoms with Gasteiger partial charge in [-0.2, -0.15) is 8.42 Å². The fraction of sp³-hybridized carbons (Fsp3) is 0.125. The third-order valence-corrected chi connectivity index (χ3v) is 6.10. The third kappa shape index (κ3) is 3.74. The Labute approximate surface area is 174 Å². The van der Waals surface area contributed by atoms with Crippen LogP contribution in [0.5, 0.6) is 5.75 Å². The molecule has 0 aliphatic rings. The summed E-state index contributed by atoms with van der Waals surface area (Å²) in [5.41, 5.74) is 2.24. The molecule has 1 heterocycles. The molecule has 0 aliphatic carbocycles. The van der Waals surface area contributed by atoms with E-state index in [1.165, 1.54) is 12.1 Å². The van der Waals surface area contributed by atoms with Crippen molar-refractivity contribution in [3.8, 4) is 17.1 Å². The van der Waals surface area contributed by atoms with E-state index in [0.29, 0.717) is 11.1 Å². The molecule has 4 aromatic rings. The van der Waals surface area contributed by atoms with E-state index >= 15 is 0 Å². The fourth-order valence-corrected chi connectivity index (χ4v) is 4.10. The molecule has 5 nitrogen and oxygen atoms in total. The van der Waals surface area contributed by atoms with Crippen molar-refractivity contribution in [3.05, 3.63) is 94.1 Å². The summed E-state index contributed by atoms with van der Waals surface area (Å²) in [4.78, 5) is 13.3. The van der Waals surface area contributed by atoms with E-state index in [2.05, 4.69) is 0 Å². The average Bonchev–Trinajstić information content (AvgIpc) is 2.76. The molecule has 0 N–H and O–H groups in total. The second kappa shape index (κ2) is 7.80. The third-order valence-electron chi connectivity index (χ3n) is 4.86. The summed E-state index contributed by atoms with van der Waals surface area (Å²) in [6, 6.07) is 20.4. The molecule has 0 saturated heterocycles. The minimum Gasteiger partial charge on any atom is -0.452 e. The van der Waals surface area contributed by atoms with Crippen LogP contribution in [0.15, 0.2) is 86.9 Å². The van der Waals surface area contributed by atoms with Crippen LogP contribution >= 0.6 is 0 Å². The van der Waals surface area contributed by atoms with Gasteiger partial charge in [0, 0.05) is 5.56 Å². The van der Waals surface area contributed by atoms with Gasteiger partial charge in [0.2, 0.25) is 11.2 Å². The highest BCUT2D eigenvalue weighted by Gasteiger charge is 2.25. The average molecular weight is 420 g/mol. The molecule has 6 heteroatoms. The van der Waals surface area contributed by atoms with Crippen LogP contribution in [0.4, 0.5) is 0 Å². The maximum absolute atomic E-state index is 13.3. The zero-order valence-corrected chi connectivity index (χ0v) is 17.4. The number of hydrogen-bond acceptors (Lipinski definition) is 5. The van der Waals surface area contributed by atoms with E-state index in [4.69, 9.17) is 8.60 Å². The van der Waals surface area contributed by atoms with Crippen LogP contribution in [0.1, 0.15) is 18.1 Å². The molecule has 0 unspecified atom stereocenters. The van der Waals surface area contributed by atoms with E-state index in [-0.39, 0.29) is 21.8 Å². The lowest BCUT2D eigenvalue weighted by molar-refractivity contribution is 0.472. The number of benzene rings is 3. The van der Waals surface area contributed by atoms with Crippen LogP contribution in [-0.4, -0.2) is 8.42 Å². The predicted octanol–water partition coefficient (Wildman–Crippen LogP) is 5.10. The normalized spacial score (nSPS) is 11.5. The molecule has 0 atom stereocenters. The van der Waals surface area contributed by atoms with Gasteiger partial charge in [-0.3, -0.25) is 4.79 Å². The first-order valence-corrected chi connectivity index (χ1v) is 11.0. The van der Waals surface area contributed by atoms with Crippen LogP contribution in [0.3, 0.4) is 0 Å². The molecule has 0 amide bonds. The smallest absolute Gasteiger partial charge is 0.339 e. The maximum atomic E-state index is 13.3. The highest BCUT2D eigenvalue weighted by atomic mass is 32.2. The molecule has 4 rings (SSSR count). The molecule has 0 bridgehead atoms. The fourth-order valence-electron chi connectivity index (χ4n) is 3.16. The number of rotatable bonds is 5. The largest absolute Gasteiger partial charge is 0.452 e. The Morgan fingerprint density at radius 3 is 2.30 bits per heavy atom. The first-order valence-electron chi connectivity index (χ1n) is 9.55. The number of aryl methyl sites for hydroxylation is 2. The Hall–Kier alpha value is -3.38. The van der Waals surface area contributed by atoms with Gasteiger partial charge in [-0.05, 0) is 43.2 Å². The molecule has 0 radical (unpaired) electrons. The van der Waals surface area contributed by atoms with Crippen molar-refractivity contribution in [2.75, 3.05) is 0 Å². The van der Waals surface area contributed by atoms with Crippen molar-refractivity contribution >= 4 is 21.1 Å². The minimum atomic E-state index is -4.23. The first-order chi connectivity index (χ1) is 14.4. The molecule has 0 saturated carbocycles. The van der Waals surface area contributed by atoms with Crippen LogP contribution in [0, 0.1) is 6.92 Å². The van der Waals surface area contributed by atoms with Crippen LogP contribution in [-0.2, 0) is 16.5 Å². The molecule has 3 aromatic carbocycles. The van der Waals surface area contributed by atoms with Crippen molar-refractivity contribution in [3.63, 3.8) is 0 Å². The van der Waals surface area contributed by atoms with Gasteiger partial charge in [-0.25, -0.2) is 0 Å². The molecule has 152 valence electrons. The highest BCUT2D eigenvalue weighted by molar-refractivity contribution is 7.87. The quantitative estimate of drug-likeness (QED) is 0.420. The van der Waals surface area contributed by atoms with E-state index in [1.807, 2.05) is 26.0 Å². The molecule has 30 heavy (non-hydrogen) atoms. The topological polar surface area (TPSA) is 73.6 Å². The summed E-state index contributed by atoms with van der Waals surface area (Å²) in [5.74, 6) is -0.268. The summed E-state index contributed by atoms with van der Waals surface area (Å²) in [6.45, 7) is 3.83. The lowest BCUT2D eigenvalue weighted by atomic mass is 10.1. The summed E-state index contributed by atoms with van der Waals surface area (Å²) in [5, 5.41) is 0.281. The summed E-state index contributed by atoms with van der Waals surface area (Å²) in [6.07, 6.45) is 0.730. The zero-order chi connectivity index (χ0) is 21.3. The minimum absolute atomic E-state index is 0.0334. The van der Waals surface area contributed by atoms with Gasteiger partial charge < -0.3 is 8.60 Å². The Morgan fingerprint density at radius 1 is 0.933 bits per heavy atom. The second-order valence-corrected chi connectivity index (χ2v) is 8.54. The Morgan fingerprint density at radius 2 is 1.63 bits per heavy atom. The Kier molecular flexibility index (Phi) is 5.18. The van der Waals surface area contributed by atoms with Crippen LogP contribution in [0.25, 0.3) is 22.3 Å². The van der Waals surface area contributed by atoms with Crippen molar-refractivity contribution < 1.29 is 17.0 Å². The van der Waals surface area contributed by atoms with Gasteiger partial charge in [0.25, 0.3) is 0 Å². The maximum Gasteiger partial charge on any atom is 0.339 e. The molecule has 0 spiro atoms. The van der Waals surface area contributed by atoms with E-state index in [0.717, 1.165) is 17.5 Å². The van der Waals surface area contributed by atoms with Gasteiger partial charge in [0.15, 0.2) is 5.76 Å². The molecular formula is C24H20O5S. The van der Waals surface area contributed by atoms with Crippen LogP contribution < -0.4 is 9.61 Å². The highest BCUT2D eigenvalue weighted by Crippen LogP contribution is 2.32. The molecule has 0 fully saturated rings. The van der Waals surface area contributed by atoms with Gasteiger partial charge in [0.05, 0.1) is 5.39 Å². The molecule has 0 aliphatic heterocycles. The summed E-state index contributed by atoms with van der Waals surface area (Å²) < 4.78 is 37.2. The standard InChI is InChI=1S/C24H20O5S/c1-3-17-11-14-21-20(15-17)22(25)24(23(28-21)18-7-5-4-6-8-18)29-30(26,27)19-12-9-16(2)10-13-19/h4-15H,3H2,1-2H3. The number of hydrogen-bond donors (Lipinski definition) is 0. The molecule has 1 aromatic heterocycles. The van der Waals surface area contributed by atoms with Crippen LogP contribution in [0.2, 0.25) is 0 Å². The second-order valence-electron chi connectivity index (χ2n) is 6.99. The first kappa shape index (κ1) is 19.9. The van der Waals surface area contributed by atoms with Gasteiger partial charge in [-0.15, -0.1) is 0 Å². The Balaban J connectivity index is 1.95. The SMILES string of the molecule is CCc1ccc2oc(-c3ccccc3)c(OS(=O)(=O)c3ccc(C)cc3)c(=O)c2c1. The van der Waals surface area contributed by atoms with Gasteiger partial charge >= 0.3 is 10.1 Å². The summed E-state index contributed by atoms with van der Waals surface area (Å²) >= 11 is 0. The van der Waals surface area contributed by atoms with Gasteiger partial charge in [-0.1, -0.05) is 61.0 Å². The van der Waals surface area contributed by atoms with Gasteiger partial charge in [0.1, 0.15) is 10.5 Å². The van der Waals surface area contributed by atoms with Crippen molar-refractivity contribution in [2.45, 2.75) is 25.2 Å². The lowest BCUT2D eigenvalue weighted by Gasteiger charge is -2.12. The molecular weight excluding hydrogens is 400 g/mol.